The van der Waals surface area contributed by atoms with Crippen LogP contribution in [0.4, 0.5) is 11.8 Å². The molecule has 3 N–H and O–H groups in total. The van der Waals surface area contributed by atoms with Gasteiger partial charge in [0, 0.05) is 23.0 Å². The predicted molar refractivity (Wildman–Crippen MR) is 108 cm³/mol. The molecule has 2 aromatic rings. The molecule has 140 valence electrons. The maximum absolute atomic E-state index is 9.91. The number of nitrogens with zero attached hydrogens (tertiary/aromatic N) is 3. The van der Waals surface area contributed by atoms with Crippen LogP contribution in [0.15, 0.2) is 37.0 Å². The molecule has 3 rings (SSSR count). The first-order valence-corrected chi connectivity index (χ1v) is 9.08. The van der Waals surface area contributed by atoms with Crippen molar-refractivity contribution in [1.82, 2.24) is 9.97 Å². The van der Waals surface area contributed by atoms with E-state index in [-0.39, 0.29) is 17.6 Å². The molecule has 0 saturated heterocycles. The van der Waals surface area contributed by atoms with E-state index in [2.05, 4.69) is 33.2 Å². The van der Waals surface area contributed by atoms with E-state index in [1.54, 1.807) is 0 Å². The molecule has 0 amide bonds. The fourth-order valence-electron chi connectivity index (χ4n) is 2.94. The van der Waals surface area contributed by atoms with E-state index in [4.69, 9.17) is 11.6 Å². The summed E-state index contributed by atoms with van der Waals surface area (Å²) in [6.07, 6.45) is 1.76. The lowest BCUT2D eigenvalue weighted by Gasteiger charge is -2.49. The van der Waals surface area contributed by atoms with Crippen LogP contribution in [0, 0.1) is 16.7 Å². The maximum atomic E-state index is 9.91. The Bertz CT molecular complexity index is 888. The molecule has 1 fully saturated rings. The molecular weight excluding hydrogens is 362 g/mol. The van der Waals surface area contributed by atoms with Gasteiger partial charge in [-0.2, -0.15) is 10.2 Å². The topological polar surface area (TPSA) is 93.9 Å². The van der Waals surface area contributed by atoms with E-state index >= 15 is 0 Å². The van der Waals surface area contributed by atoms with Gasteiger partial charge in [-0.25, -0.2) is 4.98 Å². The standard InChI is InChI=1S/C20H22ClN5O/c1-12(13-4-6-15(21)7-5-13)10-23-19-24-11-14(9-22)18(26-19)25-16-8-17(27)20(16,2)3/h4-7,11,16-17,27H,1,8,10H2,2-3H3,(H2,23,24,25,26)/t16-,17+/m1/s1. The Morgan fingerprint density at radius 2 is 2.11 bits per heavy atom. The molecule has 27 heavy (non-hydrogen) atoms. The largest absolute Gasteiger partial charge is 0.392 e. The van der Waals surface area contributed by atoms with Crippen LogP contribution in [-0.4, -0.2) is 33.8 Å². The van der Waals surface area contributed by atoms with Gasteiger partial charge in [0.25, 0.3) is 0 Å². The summed E-state index contributed by atoms with van der Waals surface area (Å²) < 4.78 is 0. The number of aliphatic hydroxyl groups excluding tert-OH is 1. The molecule has 1 aromatic heterocycles. The van der Waals surface area contributed by atoms with Gasteiger partial charge in [-0.05, 0) is 29.7 Å². The molecular formula is C20H22ClN5O. The van der Waals surface area contributed by atoms with Crippen molar-refractivity contribution < 1.29 is 5.11 Å². The summed E-state index contributed by atoms with van der Waals surface area (Å²) in [5.41, 5.74) is 1.95. The zero-order chi connectivity index (χ0) is 19.6. The van der Waals surface area contributed by atoms with Gasteiger partial charge in [-0.1, -0.05) is 44.2 Å². The second-order valence-corrected chi connectivity index (χ2v) is 7.74. The van der Waals surface area contributed by atoms with Gasteiger partial charge in [0.05, 0.1) is 12.3 Å². The Kier molecular flexibility index (Phi) is 5.36. The number of rotatable bonds is 6. The van der Waals surface area contributed by atoms with Crippen LogP contribution < -0.4 is 10.6 Å². The van der Waals surface area contributed by atoms with Gasteiger partial charge < -0.3 is 15.7 Å². The quantitative estimate of drug-likeness (QED) is 0.704. The van der Waals surface area contributed by atoms with Crippen molar-refractivity contribution in [2.75, 3.05) is 17.2 Å². The fourth-order valence-corrected chi connectivity index (χ4v) is 3.07. The van der Waals surface area contributed by atoms with Gasteiger partial charge in [0.2, 0.25) is 5.95 Å². The second kappa shape index (κ2) is 7.55. The number of aromatic nitrogens is 2. The molecule has 1 aliphatic rings. The lowest BCUT2D eigenvalue weighted by atomic mass is 9.64. The Balaban J connectivity index is 1.69. The minimum absolute atomic E-state index is 0.0476. The summed E-state index contributed by atoms with van der Waals surface area (Å²) in [4.78, 5) is 8.63. The molecule has 1 heterocycles. The first kappa shape index (κ1) is 19.2. The van der Waals surface area contributed by atoms with Gasteiger partial charge in [-0.15, -0.1) is 0 Å². The van der Waals surface area contributed by atoms with Crippen molar-refractivity contribution in [3.63, 3.8) is 0 Å². The summed E-state index contributed by atoms with van der Waals surface area (Å²) in [5, 5.41) is 26.3. The summed E-state index contributed by atoms with van der Waals surface area (Å²) >= 11 is 5.91. The summed E-state index contributed by atoms with van der Waals surface area (Å²) in [6, 6.07) is 9.60. The SMILES string of the molecule is C=C(CNc1ncc(C#N)c(N[C@@H]2C[C@H](O)C2(C)C)n1)c1ccc(Cl)cc1. The summed E-state index contributed by atoms with van der Waals surface area (Å²) in [7, 11) is 0. The highest BCUT2D eigenvalue weighted by Gasteiger charge is 2.47. The molecule has 1 aliphatic carbocycles. The Morgan fingerprint density at radius 1 is 1.41 bits per heavy atom. The molecule has 1 saturated carbocycles. The zero-order valence-corrected chi connectivity index (χ0v) is 16.1. The van der Waals surface area contributed by atoms with E-state index in [1.807, 2.05) is 38.1 Å². The van der Waals surface area contributed by atoms with Crippen LogP contribution in [0.3, 0.4) is 0 Å². The van der Waals surface area contributed by atoms with Crippen LogP contribution in [0.25, 0.3) is 5.57 Å². The van der Waals surface area contributed by atoms with Crippen molar-refractivity contribution in [1.29, 1.82) is 5.26 Å². The highest BCUT2D eigenvalue weighted by molar-refractivity contribution is 6.30. The molecule has 0 aliphatic heterocycles. The molecule has 0 radical (unpaired) electrons. The number of halogens is 1. The number of benzene rings is 1. The smallest absolute Gasteiger partial charge is 0.224 e. The van der Waals surface area contributed by atoms with Crippen LogP contribution in [0.2, 0.25) is 5.02 Å². The number of anilines is 2. The van der Waals surface area contributed by atoms with E-state index in [0.717, 1.165) is 11.1 Å². The van der Waals surface area contributed by atoms with Gasteiger partial charge >= 0.3 is 0 Å². The monoisotopic (exact) mass is 383 g/mol. The van der Waals surface area contributed by atoms with E-state index < -0.39 is 0 Å². The lowest BCUT2D eigenvalue weighted by Crippen LogP contribution is -2.57. The first-order chi connectivity index (χ1) is 12.8. The molecule has 0 bridgehead atoms. The van der Waals surface area contributed by atoms with E-state index in [0.29, 0.717) is 35.3 Å². The molecule has 7 heteroatoms. The van der Waals surface area contributed by atoms with E-state index in [9.17, 15) is 10.4 Å². The predicted octanol–water partition coefficient (Wildman–Crippen LogP) is 3.70. The number of nitriles is 1. The number of aliphatic hydroxyl groups is 1. The number of hydrogen-bond acceptors (Lipinski definition) is 6. The minimum Gasteiger partial charge on any atom is -0.392 e. The fraction of sp³-hybridized carbons (Fsp3) is 0.350. The normalized spacial score (nSPS) is 20.3. The third-order valence-electron chi connectivity index (χ3n) is 5.15. The maximum Gasteiger partial charge on any atom is 0.224 e. The molecule has 0 unspecified atom stereocenters. The first-order valence-electron chi connectivity index (χ1n) is 8.70. The van der Waals surface area contributed by atoms with Crippen molar-refractivity contribution >= 4 is 28.9 Å². The Hall–Kier alpha value is -2.62. The van der Waals surface area contributed by atoms with Crippen molar-refractivity contribution in [2.24, 2.45) is 5.41 Å². The van der Waals surface area contributed by atoms with Crippen molar-refractivity contribution in [3.05, 3.63) is 53.2 Å². The van der Waals surface area contributed by atoms with E-state index in [1.165, 1.54) is 6.20 Å². The van der Waals surface area contributed by atoms with Gasteiger partial charge in [0.1, 0.15) is 17.5 Å². The van der Waals surface area contributed by atoms with Crippen LogP contribution in [0.1, 0.15) is 31.4 Å². The highest BCUT2D eigenvalue weighted by atomic mass is 35.5. The van der Waals surface area contributed by atoms with Gasteiger partial charge in [-0.3, -0.25) is 0 Å². The molecule has 1 aromatic carbocycles. The molecule has 6 nitrogen and oxygen atoms in total. The Labute approximate surface area is 163 Å². The average Bonchev–Trinajstić information content (AvgIpc) is 2.66. The van der Waals surface area contributed by atoms with Crippen molar-refractivity contribution in [3.8, 4) is 6.07 Å². The highest BCUT2D eigenvalue weighted by Crippen LogP contribution is 2.42. The molecule has 2 atom stereocenters. The Morgan fingerprint density at radius 3 is 2.70 bits per heavy atom. The zero-order valence-electron chi connectivity index (χ0n) is 15.3. The van der Waals surface area contributed by atoms with Gasteiger partial charge in [0.15, 0.2) is 0 Å². The third kappa shape index (κ3) is 4.05. The van der Waals surface area contributed by atoms with Crippen LogP contribution in [-0.2, 0) is 0 Å². The molecule has 0 spiro atoms. The third-order valence-corrected chi connectivity index (χ3v) is 5.40. The second-order valence-electron chi connectivity index (χ2n) is 7.30. The van der Waals surface area contributed by atoms with Crippen molar-refractivity contribution in [2.45, 2.75) is 32.4 Å². The summed E-state index contributed by atoms with van der Waals surface area (Å²) in [5.74, 6) is 0.876. The number of nitrogens with one attached hydrogen (secondary N) is 2. The lowest BCUT2D eigenvalue weighted by molar-refractivity contribution is -0.0511. The van der Waals surface area contributed by atoms with Crippen LogP contribution >= 0.6 is 11.6 Å². The summed E-state index contributed by atoms with van der Waals surface area (Å²) in [6.45, 7) is 8.50. The minimum atomic E-state index is -0.359. The average molecular weight is 384 g/mol. The number of hydrogen-bond donors (Lipinski definition) is 3. The van der Waals surface area contributed by atoms with Crippen LogP contribution in [0.5, 0.6) is 0 Å².